The van der Waals surface area contributed by atoms with Gasteiger partial charge >= 0.3 is 5.97 Å². The first-order valence-electron chi connectivity index (χ1n) is 9.06. The number of aliphatic hydroxyl groups excluding tert-OH is 2. The van der Waals surface area contributed by atoms with Crippen molar-refractivity contribution in [3.63, 3.8) is 0 Å². The monoisotopic (exact) mass is 342 g/mol. The van der Waals surface area contributed by atoms with Crippen LogP contribution in [0.15, 0.2) is 12.2 Å². The van der Waals surface area contributed by atoms with Crippen LogP contribution in [0.25, 0.3) is 0 Å². The summed E-state index contributed by atoms with van der Waals surface area (Å²) in [5, 5.41) is 20.3. The van der Waals surface area contributed by atoms with Gasteiger partial charge in [-0.3, -0.25) is 0 Å². The Bertz CT molecular complexity index is 409. The first kappa shape index (κ1) is 21.1. The van der Waals surface area contributed by atoms with E-state index in [9.17, 15) is 15.0 Å². The van der Waals surface area contributed by atoms with Gasteiger partial charge in [0, 0.05) is 19.4 Å². The zero-order valence-corrected chi connectivity index (χ0v) is 15.6. The molecule has 5 nitrogen and oxygen atoms in total. The van der Waals surface area contributed by atoms with Crippen LogP contribution >= 0.6 is 0 Å². The van der Waals surface area contributed by atoms with E-state index in [1.165, 1.54) is 0 Å². The van der Waals surface area contributed by atoms with Gasteiger partial charge in [-0.1, -0.05) is 32.9 Å². The van der Waals surface area contributed by atoms with Crippen LogP contribution in [-0.4, -0.2) is 47.7 Å². The number of carbonyl (C=O) groups is 1. The Hall–Kier alpha value is -0.910. The fourth-order valence-electron chi connectivity index (χ4n) is 3.65. The molecule has 0 aromatic heterocycles. The molecule has 1 unspecified atom stereocenters. The Morgan fingerprint density at radius 3 is 2.62 bits per heavy atom. The quantitative estimate of drug-likeness (QED) is 0.498. The van der Waals surface area contributed by atoms with Gasteiger partial charge < -0.3 is 19.7 Å². The zero-order valence-electron chi connectivity index (χ0n) is 15.6. The molecule has 1 aliphatic rings. The molecule has 0 aromatic rings. The highest BCUT2D eigenvalue weighted by atomic mass is 16.6. The minimum atomic E-state index is -1.03. The summed E-state index contributed by atoms with van der Waals surface area (Å²) in [6, 6.07) is 0. The zero-order chi connectivity index (χ0) is 18.3. The summed E-state index contributed by atoms with van der Waals surface area (Å²) < 4.78 is 11.0. The van der Waals surface area contributed by atoms with Crippen LogP contribution in [0, 0.1) is 17.8 Å². The molecule has 24 heavy (non-hydrogen) atoms. The maximum atomic E-state index is 11.6. The van der Waals surface area contributed by atoms with Crippen molar-refractivity contribution in [1.29, 1.82) is 0 Å². The largest absolute Gasteiger partial charge is 0.460 e. The van der Waals surface area contributed by atoms with Gasteiger partial charge in [0.1, 0.15) is 6.10 Å². The third-order valence-corrected chi connectivity index (χ3v) is 5.29. The van der Waals surface area contributed by atoms with E-state index < -0.39 is 18.2 Å². The molecule has 1 rings (SSSR count). The van der Waals surface area contributed by atoms with Crippen molar-refractivity contribution in [3.8, 4) is 0 Å². The van der Waals surface area contributed by atoms with E-state index in [-0.39, 0.29) is 30.0 Å². The number of hydrogen-bond acceptors (Lipinski definition) is 5. The van der Waals surface area contributed by atoms with Gasteiger partial charge in [0.25, 0.3) is 0 Å². The fraction of sp³-hybridized carbons (Fsp3) is 0.842. The lowest BCUT2D eigenvalue weighted by atomic mass is 9.81. The molecule has 0 bridgehead atoms. The van der Waals surface area contributed by atoms with E-state index in [2.05, 4.69) is 13.0 Å². The Morgan fingerprint density at radius 1 is 1.42 bits per heavy atom. The Morgan fingerprint density at radius 2 is 2.08 bits per heavy atom. The summed E-state index contributed by atoms with van der Waals surface area (Å²) in [5.74, 6) is -0.276. The normalized spacial score (nSPS) is 30.0. The highest BCUT2D eigenvalue weighted by Gasteiger charge is 2.38. The van der Waals surface area contributed by atoms with E-state index in [4.69, 9.17) is 9.47 Å². The van der Waals surface area contributed by atoms with Crippen LogP contribution < -0.4 is 0 Å². The summed E-state index contributed by atoms with van der Waals surface area (Å²) >= 11 is 0. The van der Waals surface area contributed by atoms with Gasteiger partial charge in [-0.15, -0.1) is 0 Å². The molecular formula is C19H34O5. The number of aliphatic hydroxyl groups is 2. The predicted molar refractivity (Wildman–Crippen MR) is 93.5 cm³/mol. The van der Waals surface area contributed by atoms with Gasteiger partial charge in [-0.25, -0.2) is 4.79 Å². The highest BCUT2D eigenvalue weighted by Crippen LogP contribution is 2.31. The van der Waals surface area contributed by atoms with Gasteiger partial charge in [0.15, 0.2) is 6.10 Å². The summed E-state index contributed by atoms with van der Waals surface area (Å²) in [7, 11) is 1.67. The van der Waals surface area contributed by atoms with Crippen molar-refractivity contribution < 1.29 is 24.5 Å². The van der Waals surface area contributed by atoms with Crippen molar-refractivity contribution >= 4 is 5.97 Å². The fourth-order valence-corrected chi connectivity index (χ4v) is 3.65. The second-order valence-electron chi connectivity index (χ2n) is 7.04. The summed E-state index contributed by atoms with van der Waals surface area (Å²) in [6.07, 6.45) is 4.55. The molecule has 5 heteroatoms. The van der Waals surface area contributed by atoms with E-state index in [1.807, 2.05) is 26.8 Å². The van der Waals surface area contributed by atoms with Gasteiger partial charge in [0.2, 0.25) is 0 Å². The SMILES string of the molecule is C/C=C/C[C@H](C)[C@@H](OC)[C@@H](C)[C@H](O)C[C@H]1OC(=O)C(O)C[C@H]1CC. The lowest BCUT2D eigenvalue weighted by Gasteiger charge is -2.37. The van der Waals surface area contributed by atoms with Crippen molar-refractivity contribution in [2.75, 3.05) is 7.11 Å². The second kappa shape index (κ2) is 10.2. The van der Waals surface area contributed by atoms with Crippen LogP contribution in [0.1, 0.15) is 53.4 Å². The lowest BCUT2D eigenvalue weighted by molar-refractivity contribution is -0.176. The van der Waals surface area contributed by atoms with Crippen molar-refractivity contribution in [3.05, 3.63) is 12.2 Å². The summed E-state index contributed by atoms with van der Waals surface area (Å²) in [4.78, 5) is 11.6. The molecule has 140 valence electrons. The van der Waals surface area contributed by atoms with Crippen molar-refractivity contribution in [2.24, 2.45) is 17.8 Å². The first-order chi connectivity index (χ1) is 11.3. The molecule has 0 aliphatic carbocycles. The lowest BCUT2D eigenvalue weighted by Crippen LogP contribution is -2.45. The Labute approximate surface area is 146 Å². The molecule has 1 heterocycles. The standard InChI is InChI=1S/C19H34O5/c1-6-8-9-12(3)18(23-5)13(4)15(20)11-17-14(7-2)10-16(21)19(22)24-17/h6,8,12-18,20-21H,7,9-11H2,1-5H3/b8-6+/t12-,13-,14+,15+,16?,17+,18+/m0/s1. The van der Waals surface area contributed by atoms with E-state index >= 15 is 0 Å². The predicted octanol–water partition coefficient (Wildman–Crippen LogP) is 2.69. The minimum Gasteiger partial charge on any atom is -0.460 e. The van der Waals surface area contributed by atoms with E-state index in [0.29, 0.717) is 12.8 Å². The number of allylic oxidation sites excluding steroid dienone is 2. The molecule has 1 aliphatic heterocycles. The molecule has 7 atom stereocenters. The maximum absolute atomic E-state index is 11.6. The van der Waals surface area contributed by atoms with Crippen LogP contribution in [0.2, 0.25) is 0 Å². The number of esters is 1. The highest BCUT2D eigenvalue weighted by molar-refractivity contribution is 5.75. The molecule has 0 aromatic carbocycles. The van der Waals surface area contributed by atoms with Gasteiger partial charge in [-0.2, -0.15) is 0 Å². The number of cyclic esters (lactones) is 1. The summed E-state index contributed by atoms with van der Waals surface area (Å²) in [5.41, 5.74) is 0. The van der Waals surface area contributed by atoms with E-state index in [0.717, 1.165) is 12.8 Å². The average molecular weight is 342 g/mol. The molecule has 0 radical (unpaired) electrons. The van der Waals surface area contributed by atoms with Crippen molar-refractivity contribution in [1.82, 2.24) is 0 Å². The van der Waals surface area contributed by atoms with Crippen LogP contribution in [0.4, 0.5) is 0 Å². The smallest absolute Gasteiger partial charge is 0.335 e. The molecular weight excluding hydrogens is 308 g/mol. The van der Waals surface area contributed by atoms with Gasteiger partial charge in [-0.05, 0) is 38.0 Å². The summed E-state index contributed by atoms with van der Waals surface area (Å²) in [6.45, 7) is 8.09. The first-order valence-corrected chi connectivity index (χ1v) is 9.06. The number of rotatable bonds is 9. The van der Waals surface area contributed by atoms with Gasteiger partial charge in [0.05, 0.1) is 12.2 Å². The molecule has 0 saturated carbocycles. The molecule has 1 saturated heterocycles. The molecule has 1 fully saturated rings. The molecule has 0 amide bonds. The molecule has 0 spiro atoms. The number of methoxy groups -OCH3 is 1. The minimum absolute atomic E-state index is 0.0684. The number of carbonyl (C=O) groups excluding carboxylic acids is 1. The third kappa shape index (κ3) is 5.57. The Balaban J connectivity index is 2.69. The van der Waals surface area contributed by atoms with Crippen LogP contribution in [0.5, 0.6) is 0 Å². The number of hydrogen-bond donors (Lipinski definition) is 2. The van der Waals surface area contributed by atoms with Crippen molar-refractivity contribution in [2.45, 2.75) is 77.8 Å². The third-order valence-electron chi connectivity index (χ3n) is 5.29. The molecule has 2 N–H and O–H groups in total. The van der Waals surface area contributed by atoms with Crippen LogP contribution in [-0.2, 0) is 14.3 Å². The van der Waals surface area contributed by atoms with Crippen LogP contribution in [0.3, 0.4) is 0 Å². The Kier molecular flexibility index (Phi) is 8.95. The average Bonchev–Trinajstić information content (AvgIpc) is 2.56. The van der Waals surface area contributed by atoms with E-state index in [1.54, 1.807) is 7.11 Å². The topological polar surface area (TPSA) is 76.0 Å². The number of ether oxygens (including phenoxy) is 2. The maximum Gasteiger partial charge on any atom is 0.335 e. The second-order valence-corrected chi connectivity index (χ2v) is 7.04.